The van der Waals surface area contributed by atoms with Crippen LogP contribution in [0.4, 0.5) is 13.2 Å². The fourth-order valence-electron chi connectivity index (χ4n) is 1.62. The molecule has 0 unspecified atom stereocenters. The Morgan fingerprint density at radius 3 is 2.67 bits per heavy atom. The van der Waals surface area contributed by atoms with Gasteiger partial charge in [0.2, 0.25) is 0 Å². The maximum absolute atomic E-state index is 12.6. The van der Waals surface area contributed by atoms with Crippen molar-refractivity contribution in [2.24, 2.45) is 0 Å². The highest BCUT2D eigenvalue weighted by molar-refractivity contribution is 9.10. The van der Waals surface area contributed by atoms with Crippen molar-refractivity contribution in [3.63, 3.8) is 0 Å². The minimum Gasteiger partial charge on any atom is -0.478 e. The van der Waals surface area contributed by atoms with E-state index in [1.54, 1.807) is 18.2 Å². The summed E-state index contributed by atoms with van der Waals surface area (Å²) in [6.45, 7) is 0. The lowest BCUT2D eigenvalue weighted by molar-refractivity contribution is -0.137. The summed E-state index contributed by atoms with van der Waals surface area (Å²) in [5.41, 5.74) is -0.120. The van der Waals surface area contributed by atoms with E-state index in [1.165, 1.54) is 6.08 Å². The van der Waals surface area contributed by atoms with Crippen molar-refractivity contribution in [2.75, 3.05) is 0 Å². The first kappa shape index (κ1) is 15.3. The lowest BCUT2D eigenvalue weighted by Gasteiger charge is -2.07. The number of hydrogen-bond acceptors (Lipinski definition) is 2. The average molecular weight is 361 g/mol. The number of nitrogens with zero attached hydrogens (tertiary/aromatic N) is 2. The highest BCUT2D eigenvalue weighted by atomic mass is 79.9. The van der Waals surface area contributed by atoms with Crippen molar-refractivity contribution in [3.8, 4) is 5.69 Å². The van der Waals surface area contributed by atoms with Crippen LogP contribution >= 0.6 is 15.9 Å². The molecule has 2 rings (SSSR count). The molecule has 0 spiro atoms. The third kappa shape index (κ3) is 3.72. The van der Waals surface area contributed by atoms with E-state index in [4.69, 9.17) is 5.11 Å². The Morgan fingerprint density at radius 1 is 1.38 bits per heavy atom. The first-order chi connectivity index (χ1) is 9.77. The maximum atomic E-state index is 12.6. The van der Waals surface area contributed by atoms with Crippen LogP contribution in [0.25, 0.3) is 11.8 Å². The average Bonchev–Trinajstić information content (AvgIpc) is 2.86. The van der Waals surface area contributed by atoms with Gasteiger partial charge in [-0.05, 0) is 18.2 Å². The second-order valence-electron chi connectivity index (χ2n) is 4.05. The summed E-state index contributed by atoms with van der Waals surface area (Å²) < 4.78 is 39.5. The summed E-state index contributed by atoms with van der Waals surface area (Å²) in [6.07, 6.45) is -0.729. The lowest BCUT2D eigenvalue weighted by atomic mass is 10.1. The quantitative estimate of drug-likeness (QED) is 0.848. The van der Waals surface area contributed by atoms with Gasteiger partial charge in [-0.3, -0.25) is 0 Å². The number of aromatic nitrogens is 2. The Morgan fingerprint density at radius 2 is 2.10 bits per heavy atom. The third-order valence-electron chi connectivity index (χ3n) is 2.55. The van der Waals surface area contributed by atoms with Crippen LogP contribution in [-0.2, 0) is 11.0 Å². The zero-order valence-corrected chi connectivity index (χ0v) is 11.9. The van der Waals surface area contributed by atoms with Gasteiger partial charge in [0.1, 0.15) is 0 Å². The molecule has 0 aliphatic carbocycles. The molecule has 2 aromatic rings. The monoisotopic (exact) mass is 360 g/mol. The second-order valence-corrected chi connectivity index (χ2v) is 4.96. The molecule has 0 saturated carbocycles. The number of rotatable bonds is 3. The highest BCUT2D eigenvalue weighted by Gasteiger charge is 2.32. The standard InChI is InChI=1S/C13H8BrF3N2O2/c14-10-3-1-8(2-4-12(20)21)11(5-10)19-7-9(6-18-19)13(15,16)17/h1-7H,(H,20,21). The Balaban J connectivity index is 2.49. The third-order valence-corrected chi connectivity index (χ3v) is 3.05. The molecule has 1 aromatic carbocycles. The molecule has 0 amide bonds. The van der Waals surface area contributed by atoms with E-state index in [1.807, 2.05) is 0 Å². The molecule has 0 atom stereocenters. The molecule has 21 heavy (non-hydrogen) atoms. The minimum atomic E-state index is -4.48. The molecule has 0 fully saturated rings. The van der Waals surface area contributed by atoms with E-state index < -0.39 is 17.7 Å². The van der Waals surface area contributed by atoms with Crippen LogP contribution in [0.2, 0.25) is 0 Å². The van der Waals surface area contributed by atoms with Crippen molar-refractivity contribution < 1.29 is 23.1 Å². The van der Waals surface area contributed by atoms with Gasteiger partial charge < -0.3 is 5.11 Å². The molecular formula is C13H8BrF3N2O2. The molecule has 0 bridgehead atoms. The van der Waals surface area contributed by atoms with Gasteiger partial charge in [0.25, 0.3) is 0 Å². The molecule has 0 aliphatic heterocycles. The molecule has 1 heterocycles. The molecule has 8 heteroatoms. The van der Waals surface area contributed by atoms with Gasteiger partial charge >= 0.3 is 12.1 Å². The van der Waals surface area contributed by atoms with E-state index in [0.29, 0.717) is 21.9 Å². The molecule has 1 N–H and O–H groups in total. The largest absolute Gasteiger partial charge is 0.478 e. The Labute approximate surface area is 125 Å². The SMILES string of the molecule is O=C(O)C=Cc1ccc(Br)cc1-n1cc(C(F)(F)F)cn1. The first-order valence-electron chi connectivity index (χ1n) is 5.60. The number of alkyl halides is 3. The van der Waals surface area contributed by atoms with E-state index >= 15 is 0 Å². The van der Waals surface area contributed by atoms with E-state index in [9.17, 15) is 18.0 Å². The number of carbonyl (C=O) groups is 1. The molecule has 0 aliphatic rings. The van der Waals surface area contributed by atoms with Crippen LogP contribution in [0.3, 0.4) is 0 Å². The van der Waals surface area contributed by atoms with Crippen LogP contribution in [0, 0.1) is 0 Å². The number of benzene rings is 1. The predicted octanol–water partition coefficient (Wildman–Crippen LogP) is 3.75. The number of carboxylic acids is 1. The number of aliphatic carboxylic acids is 1. The van der Waals surface area contributed by atoms with Gasteiger partial charge in [-0.2, -0.15) is 18.3 Å². The molecular weight excluding hydrogens is 353 g/mol. The maximum Gasteiger partial charge on any atom is 0.419 e. The summed E-state index contributed by atoms with van der Waals surface area (Å²) in [4.78, 5) is 10.6. The first-order valence-corrected chi connectivity index (χ1v) is 6.39. The topological polar surface area (TPSA) is 55.1 Å². The normalized spacial score (nSPS) is 12.0. The summed E-state index contributed by atoms with van der Waals surface area (Å²) in [5, 5.41) is 12.3. The van der Waals surface area contributed by atoms with Crippen molar-refractivity contribution in [3.05, 3.63) is 52.3 Å². The minimum absolute atomic E-state index is 0.331. The van der Waals surface area contributed by atoms with Crippen LogP contribution in [-0.4, -0.2) is 20.9 Å². The van der Waals surface area contributed by atoms with Gasteiger partial charge in [-0.1, -0.05) is 22.0 Å². The summed E-state index contributed by atoms with van der Waals surface area (Å²) >= 11 is 3.22. The Hall–Kier alpha value is -2.09. The second kappa shape index (κ2) is 5.72. The van der Waals surface area contributed by atoms with Crippen LogP contribution in [0.5, 0.6) is 0 Å². The van der Waals surface area contributed by atoms with Crippen molar-refractivity contribution in [2.45, 2.75) is 6.18 Å². The van der Waals surface area contributed by atoms with E-state index in [-0.39, 0.29) is 0 Å². The number of hydrogen-bond donors (Lipinski definition) is 1. The van der Waals surface area contributed by atoms with Gasteiger partial charge in [0.05, 0.1) is 17.4 Å². The van der Waals surface area contributed by atoms with Gasteiger partial charge in [-0.15, -0.1) is 0 Å². The summed E-state index contributed by atoms with van der Waals surface area (Å²) in [5.74, 6) is -1.15. The van der Waals surface area contributed by atoms with Gasteiger partial charge in [0, 0.05) is 22.3 Å². The van der Waals surface area contributed by atoms with Crippen LogP contribution in [0.1, 0.15) is 11.1 Å². The van der Waals surface area contributed by atoms with Gasteiger partial charge in [-0.25, -0.2) is 9.48 Å². The summed E-state index contributed by atoms with van der Waals surface area (Å²) in [6, 6.07) is 4.78. The Kier molecular flexibility index (Phi) is 4.17. The molecule has 0 saturated heterocycles. The van der Waals surface area contributed by atoms with Crippen molar-refractivity contribution >= 4 is 28.0 Å². The zero-order valence-electron chi connectivity index (χ0n) is 10.3. The van der Waals surface area contributed by atoms with Crippen LogP contribution < -0.4 is 0 Å². The zero-order chi connectivity index (χ0) is 15.6. The fraction of sp³-hybridized carbons (Fsp3) is 0.0769. The fourth-order valence-corrected chi connectivity index (χ4v) is 1.97. The molecule has 0 radical (unpaired) electrons. The predicted molar refractivity (Wildman–Crippen MR) is 72.9 cm³/mol. The van der Waals surface area contributed by atoms with E-state index in [2.05, 4.69) is 21.0 Å². The Bertz CT molecular complexity index is 708. The van der Waals surface area contributed by atoms with Crippen molar-refractivity contribution in [1.82, 2.24) is 9.78 Å². The smallest absolute Gasteiger partial charge is 0.419 e. The summed E-state index contributed by atoms with van der Waals surface area (Å²) in [7, 11) is 0. The van der Waals surface area contributed by atoms with Gasteiger partial charge in [0.15, 0.2) is 0 Å². The highest BCUT2D eigenvalue weighted by Crippen LogP contribution is 2.30. The van der Waals surface area contributed by atoms with Crippen LogP contribution in [0.15, 0.2) is 41.1 Å². The molecule has 1 aromatic heterocycles. The van der Waals surface area contributed by atoms with Crippen molar-refractivity contribution in [1.29, 1.82) is 0 Å². The lowest BCUT2D eigenvalue weighted by Crippen LogP contribution is -2.03. The van der Waals surface area contributed by atoms with E-state index in [0.717, 1.165) is 17.0 Å². The number of carboxylic acid groups (broad SMARTS) is 1. The number of halogens is 4. The molecule has 4 nitrogen and oxygen atoms in total. The molecule has 110 valence electrons.